The molecule has 0 aromatic rings. The predicted molar refractivity (Wildman–Crippen MR) is 69.0 cm³/mol. The topological polar surface area (TPSA) is 32.7 Å². The summed E-state index contributed by atoms with van der Waals surface area (Å²) in [7, 11) is 2.16. The number of nitrogens with zero attached hydrogens (tertiary/aromatic N) is 1. The fraction of sp³-hybridized carbons (Fsp3) is 0.857. The smallest absolute Gasteiger partial charge is 0.0682 e. The van der Waals surface area contributed by atoms with Crippen molar-refractivity contribution in [2.24, 2.45) is 0 Å². The van der Waals surface area contributed by atoms with Crippen molar-refractivity contribution in [1.82, 2.24) is 4.90 Å². The van der Waals surface area contributed by atoms with Gasteiger partial charge in [0.05, 0.1) is 18.8 Å². The lowest BCUT2D eigenvalue weighted by Crippen LogP contribution is -2.60. The van der Waals surface area contributed by atoms with Crippen molar-refractivity contribution in [1.29, 1.82) is 0 Å². The Morgan fingerprint density at radius 3 is 2.47 bits per heavy atom. The minimum Gasteiger partial charge on any atom is -0.390 e. The molecular formula is C14H25NO2. The summed E-state index contributed by atoms with van der Waals surface area (Å²) in [4.78, 5) is 2.39. The summed E-state index contributed by atoms with van der Waals surface area (Å²) in [6.45, 7) is 5.78. The first-order valence-electron chi connectivity index (χ1n) is 6.66. The second-order valence-electron chi connectivity index (χ2n) is 5.96. The first-order chi connectivity index (χ1) is 8.00. The summed E-state index contributed by atoms with van der Waals surface area (Å²) in [5.74, 6) is 0. The van der Waals surface area contributed by atoms with Crippen LogP contribution in [-0.4, -0.2) is 48.0 Å². The molecule has 2 aliphatic rings. The first-order valence-corrected chi connectivity index (χ1v) is 6.66. The monoisotopic (exact) mass is 239 g/mol. The highest BCUT2D eigenvalue weighted by Crippen LogP contribution is 2.36. The van der Waals surface area contributed by atoms with E-state index in [-0.39, 0.29) is 0 Å². The summed E-state index contributed by atoms with van der Waals surface area (Å²) in [6, 6.07) is 0.804. The molecular weight excluding hydrogens is 214 g/mol. The van der Waals surface area contributed by atoms with Crippen molar-refractivity contribution in [3.05, 3.63) is 11.6 Å². The number of rotatable bonds is 3. The van der Waals surface area contributed by atoms with Gasteiger partial charge in [0.1, 0.15) is 0 Å². The number of likely N-dealkylation sites (N-methyl/N-ethyl adjacent to an activating group) is 1. The second-order valence-corrected chi connectivity index (χ2v) is 5.96. The lowest BCUT2D eigenvalue weighted by molar-refractivity contribution is -0.136. The molecule has 0 spiro atoms. The molecule has 0 saturated carbocycles. The molecule has 2 saturated heterocycles. The van der Waals surface area contributed by atoms with Crippen molar-refractivity contribution in [2.75, 3.05) is 20.3 Å². The Bertz CT molecular complexity index is 283. The van der Waals surface area contributed by atoms with Crippen LogP contribution in [0.1, 0.15) is 39.5 Å². The van der Waals surface area contributed by atoms with E-state index in [4.69, 9.17) is 4.74 Å². The van der Waals surface area contributed by atoms with Gasteiger partial charge >= 0.3 is 0 Å². The normalized spacial score (nSPS) is 37.9. The van der Waals surface area contributed by atoms with Crippen LogP contribution in [0.3, 0.4) is 0 Å². The number of piperidine rings is 1. The maximum atomic E-state index is 10.7. The molecule has 0 aromatic heterocycles. The number of hydrogen-bond acceptors (Lipinski definition) is 3. The summed E-state index contributed by atoms with van der Waals surface area (Å²) in [5.41, 5.74) is 0.863. The molecule has 2 unspecified atom stereocenters. The molecule has 2 heterocycles. The number of ether oxygens (including phenoxy) is 1. The van der Waals surface area contributed by atoms with Crippen LogP contribution in [0, 0.1) is 0 Å². The van der Waals surface area contributed by atoms with Gasteiger partial charge in [-0.05, 0) is 46.6 Å². The molecule has 1 N–H and O–H groups in total. The van der Waals surface area contributed by atoms with Gasteiger partial charge in [-0.1, -0.05) is 11.6 Å². The Labute approximate surface area is 104 Å². The van der Waals surface area contributed by atoms with Crippen molar-refractivity contribution < 1.29 is 9.84 Å². The van der Waals surface area contributed by atoms with Gasteiger partial charge in [0.25, 0.3) is 0 Å². The number of fused-ring (bicyclic) bond motifs is 2. The molecule has 0 radical (unpaired) electrons. The Balaban J connectivity index is 1.95. The third-order valence-electron chi connectivity index (χ3n) is 4.17. The van der Waals surface area contributed by atoms with Crippen LogP contribution in [0.4, 0.5) is 0 Å². The highest BCUT2D eigenvalue weighted by Gasteiger charge is 2.43. The van der Waals surface area contributed by atoms with Crippen LogP contribution in [0.2, 0.25) is 0 Å². The van der Waals surface area contributed by atoms with E-state index in [9.17, 15) is 5.11 Å². The van der Waals surface area contributed by atoms with E-state index in [0.29, 0.717) is 12.1 Å². The summed E-state index contributed by atoms with van der Waals surface area (Å²) in [6.07, 6.45) is 5.82. The van der Waals surface area contributed by atoms with Crippen LogP contribution in [0.15, 0.2) is 11.6 Å². The molecule has 2 rings (SSSR count). The van der Waals surface area contributed by atoms with Crippen LogP contribution in [-0.2, 0) is 4.74 Å². The minimum atomic E-state index is -0.475. The van der Waals surface area contributed by atoms with Gasteiger partial charge in [-0.15, -0.1) is 0 Å². The van der Waals surface area contributed by atoms with Gasteiger partial charge in [-0.25, -0.2) is 0 Å². The van der Waals surface area contributed by atoms with Crippen molar-refractivity contribution >= 4 is 0 Å². The highest BCUT2D eigenvalue weighted by atomic mass is 16.5. The van der Waals surface area contributed by atoms with Crippen molar-refractivity contribution in [3.8, 4) is 0 Å². The van der Waals surface area contributed by atoms with E-state index in [1.807, 2.05) is 0 Å². The summed E-state index contributed by atoms with van der Waals surface area (Å²) < 4.78 is 5.58. The maximum absolute atomic E-state index is 10.7. The molecule has 2 bridgehead atoms. The van der Waals surface area contributed by atoms with E-state index >= 15 is 0 Å². The van der Waals surface area contributed by atoms with E-state index in [1.165, 1.54) is 5.57 Å². The van der Waals surface area contributed by atoms with Crippen molar-refractivity contribution in [2.45, 2.75) is 57.2 Å². The zero-order valence-electron chi connectivity index (χ0n) is 11.3. The SMILES string of the molecule is CC(C)=CCCC1(O)CC2COCC(C1)N2C. The molecule has 0 amide bonds. The van der Waals surface area contributed by atoms with Crippen molar-refractivity contribution in [3.63, 3.8) is 0 Å². The molecule has 3 heteroatoms. The zero-order valence-corrected chi connectivity index (χ0v) is 11.3. The van der Waals surface area contributed by atoms with E-state index in [0.717, 1.165) is 38.9 Å². The summed E-state index contributed by atoms with van der Waals surface area (Å²) >= 11 is 0. The number of hydrogen-bond donors (Lipinski definition) is 1. The third kappa shape index (κ3) is 3.09. The Hall–Kier alpha value is -0.380. The van der Waals surface area contributed by atoms with Crippen LogP contribution >= 0.6 is 0 Å². The third-order valence-corrected chi connectivity index (χ3v) is 4.17. The Kier molecular flexibility index (Phi) is 3.91. The van der Waals surface area contributed by atoms with Crippen LogP contribution < -0.4 is 0 Å². The Morgan fingerprint density at radius 1 is 1.35 bits per heavy atom. The van der Waals surface area contributed by atoms with Gasteiger partial charge < -0.3 is 9.84 Å². The second kappa shape index (κ2) is 5.09. The van der Waals surface area contributed by atoms with E-state index in [1.54, 1.807) is 0 Å². The van der Waals surface area contributed by atoms with Gasteiger partial charge in [0.15, 0.2) is 0 Å². The minimum absolute atomic E-state index is 0.402. The van der Waals surface area contributed by atoms with Gasteiger partial charge in [0.2, 0.25) is 0 Å². The molecule has 2 atom stereocenters. The molecule has 0 aliphatic carbocycles. The van der Waals surface area contributed by atoms with Gasteiger partial charge in [-0.2, -0.15) is 0 Å². The largest absolute Gasteiger partial charge is 0.390 e. The zero-order chi connectivity index (χ0) is 12.5. The standard InChI is InChI=1S/C14H25NO2/c1-11(2)5-4-6-14(16)7-12-9-17-10-13(8-14)15(12)3/h5,12-13,16H,4,6-10H2,1-3H3. The van der Waals surface area contributed by atoms with E-state index < -0.39 is 5.60 Å². The lowest BCUT2D eigenvalue weighted by atomic mass is 9.78. The fourth-order valence-electron chi connectivity index (χ4n) is 3.07. The van der Waals surface area contributed by atoms with Gasteiger partial charge in [-0.3, -0.25) is 4.90 Å². The van der Waals surface area contributed by atoms with Crippen LogP contribution in [0.25, 0.3) is 0 Å². The molecule has 2 aliphatic heterocycles. The number of morpholine rings is 1. The molecule has 0 aromatic carbocycles. The molecule has 2 fully saturated rings. The highest BCUT2D eigenvalue weighted by molar-refractivity contribution is 5.00. The Morgan fingerprint density at radius 2 is 1.94 bits per heavy atom. The average molecular weight is 239 g/mol. The van der Waals surface area contributed by atoms with Crippen LogP contribution in [0.5, 0.6) is 0 Å². The van der Waals surface area contributed by atoms with E-state index in [2.05, 4.69) is 31.9 Å². The number of allylic oxidation sites excluding steroid dienone is 2. The maximum Gasteiger partial charge on any atom is 0.0682 e. The predicted octanol–water partition coefficient (Wildman–Crippen LogP) is 1.96. The fourth-order valence-corrected chi connectivity index (χ4v) is 3.07. The quantitative estimate of drug-likeness (QED) is 0.764. The average Bonchev–Trinajstić information content (AvgIpc) is 2.20. The molecule has 17 heavy (non-hydrogen) atoms. The first kappa shape index (κ1) is 13.1. The molecule has 3 nitrogen and oxygen atoms in total. The lowest BCUT2D eigenvalue weighted by Gasteiger charge is -2.50. The summed E-state index contributed by atoms with van der Waals surface area (Å²) in [5, 5.41) is 10.7. The van der Waals surface area contributed by atoms with Gasteiger partial charge in [0, 0.05) is 12.1 Å². The molecule has 98 valence electrons. The number of aliphatic hydroxyl groups is 1.